The summed E-state index contributed by atoms with van der Waals surface area (Å²) in [5, 5.41) is 13.6. The zero-order valence-electron chi connectivity index (χ0n) is 10.2. The number of pyridine rings is 1. The Bertz CT molecular complexity index is 627. The van der Waals surface area contributed by atoms with Crippen LogP contribution < -0.4 is 5.32 Å². The maximum absolute atomic E-state index is 11.8. The summed E-state index contributed by atoms with van der Waals surface area (Å²) < 4.78 is 0.804. The lowest BCUT2D eigenvalue weighted by molar-refractivity contribution is 0.0690. The molecule has 0 aliphatic carbocycles. The quantitative estimate of drug-likeness (QED) is 0.855. The van der Waals surface area contributed by atoms with E-state index in [1.807, 2.05) is 0 Å². The van der Waals surface area contributed by atoms with Crippen molar-refractivity contribution in [3.63, 3.8) is 0 Å². The second kappa shape index (κ2) is 6.58. The lowest BCUT2D eigenvalue weighted by Gasteiger charge is -2.03. The fourth-order valence-corrected chi connectivity index (χ4v) is 2.41. The molecule has 0 saturated heterocycles. The number of halogens is 1. The summed E-state index contributed by atoms with van der Waals surface area (Å²) in [5.41, 5.74) is 0.365. The van der Waals surface area contributed by atoms with E-state index in [2.05, 4.69) is 31.2 Å². The highest BCUT2D eigenvalue weighted by Gasteiger charge is 2.10. The molecule has 0 spiro atoms. The Labute approximate surface area is 127 Å². The SMILES string of the molecule is O=C(O)c1csc(CCNC(=O)c2ccc(Br)cn2)n1. The van der Waals surface area contributed by atoms with Crippen molar-refractivity contribution in [2.24, 2.45) is 0 Å². The van der Waals surface area contributed by atoms with E-state index in [9.17, 15) is 9.59 Å². The molecule has 0 unspecified atom stereocenters. The number of carboxylic acid groups (broad SMARTS) is 1. The minimum atomic E-state index is -1.05. The molecule has 104 valence electrons. The number of carbonyl (C=O) groups excluding carboxylic acids is 1. The largest absolute Gasteiger partial charge is 0.476 e. The van der Waals surface area contributed by atoms with Gasteiger partial charge in [0.1, 0.15) is 5.69 Å². The van der Waals surface area contributed by atoms with E-state index in [1.165, 1.54) is 16.7 Å². The fourth-order valence-electron chi connectivity index (χ4n) is 1.41. The number of thiazole rings is 1. The molecule has 20 heavy (non-hydrogen) atoms. The molecule has 0 bridgehead atoms. The van der Waals surface area contributed by atoms with Crippen LogP contribution in [0, 0.1) is 0 Å². The first kappa shape index (κ1) is 14.6. The average Bonchev–Trinajstić information content (AvgIpc) is 2.88. The molecule has 1 amide bonds. The Balaban J connectivity index is 1.84. The highest BCUT2D eigenvalue weighted by atomic mass is 79.9. The fraction of sp³-hybridized carbons (Fsp3) is 0.167. The lowest BCUT2D eigenvalue weighted by atomic mass is 10.3. The molecule has 2 N–H and O–H groups in total. The molecule has 2 heterocycles. The van der Waals surface area contributed by atoms with Crippen LogP contribution in [0.3, 0.4) is 0 Å². The minimum absolute atomic E-state index is 0.0332. The third-order valence-electron chi connectivity index (χ3n) is 2.36. The van der Waals surface area contributed by atoms with Crippen molar-refractivity contribution < 1.29 is 14.7 Å². The number of carboxylic acids is 1. The maximum atomic E-state index is 11.8. The molecule has 0 radical (unpaired) electrons. The van der Waals surface area contributed by atoms with Crippen LogP contribution >= 0.6 is 27.3 Å². The molecule has 0 fully saturated rings. The highest BCUT2D eigenvalue weighted by molar-refractivity contribution is 9.10. The standard InChI is InChI=1S/C12H10BrN3O3S/c13-7-1-2-8(15-5-7)11(17)14-4-3-10-16-9(6-20-10)12(18)19/h1-2,5-6H,3-4H2,(H,14,17)(H,18,19). The smallest absolute Gasteiger partial charge is 0.355 e. The van der Waals surface area contributed by atoms with E-state index in [-0.39, 0.29) is 11.6 Å². The van der Waals surface area contributed by atoms with Gasteiger partial charge in [-0.2, -0.15) is 0 Å². The van der Waals surface area contributed by atoms with Crippen LogP contribution in [0.25, 0.3) is 0 Å². The summed E-state index contributed by atoms with van der Waals surface area (Å²) in [6.07, 6.45) is 2.04. The zero-order chi connectivity index (χ0) is 14.5. The number of nitrogens with zero attached hydrogens (tertiary/aromatic N) is 2. The van der Waals surface area contributed by atoms with Crippen molar-refractivity contribution in [1.29, 1.82) is 0 Å². The number of hydrogen-bond donors (Lipinski definition) is 2. The van der Waals surface area contributed by atoms with Crippen molar-refractivity contribution in [3.8, 4) is 0 Å². The summed E-state index contributed by atoms with van der Waals surface area (Å²) >= 11 is 4.50. The molecule has 0 aliphatic rings. The lowest BCUT2D eigenvalue weighted by Crippen LogP contribution is -2.26. The summed E-state index contributed by atoms with van der Waals surface area (Å²) in [5.74, 6) is -1.32. The molecule has 0 aliphatic heterocycles. The van der Waals surface area contributed by atoms with Crippen LogP contribution in [0.1, 0.15) is 26.0 Å². The maximum Gasteiger partial charge on any atom is 0.355 e. The van der Waals surface area contributed by atoms with Crippen molar-refractivity contribution in [3.05, 3.63) is 44.6 Å². The van der Waals surface area contributed by atoms with Crippen LogP contribution in [-0.2, 0) is 6.42 Å². The van der Waals surface area contributed by atoms with Gasteiger partial charge >= 0.3 is 5.97 Å². The molecule has 6 nitrogen and oxygen atoms in total. The Morgan fingerprint density at radius 3 is 2.75 bits per heavy atom. The van der Waals surface area contributed by atoms with Gasteiger partial charge in [-0.1, -0.05) is 0 Å². The van der Waals surface area contributed by atoms with Gasteiger partial charge in [0.2, 0.25) is 0 Å². The monoisotopic (exact) mass is 355 g/mol. The molecule has 2 aromatic rings. The van der Waals surface area contributed by atoms with Crippen molar-refractivity contribution in [2.45, 2.75) is 6.42 Å². The van der Waals surface area contributed by atoms with Crippen molar-refractivity contribution >= 4 is 39.1 Å². The number of hydrogen-bond acceptors (Lipinski definition) is 5. The second-order valence-corrected chi connectivity index (χ2v) is 5.66. The van der Waals surface area contributed by atoms with E-state index in [0.29, 0.717) is 23.7 Å². The predicted molar refractivity (Wildman–Crippen MR) is 77.0 cm³/mol. The van der Waals surface area contributed by atoms with Crippen LogP contribution in [0.2, 0.25) is 0 Å². The van der Waals surface area contributed by atoms with Crippen molar-refractivity contribution in [1.82, 2.24) is 15.3 Å². The average molecular weight is 356 g/mol. The Kier molecular flexibility index (Phi) is 4.80. The van der Waals surface area contributed by atoms with Crippen LogP contribution in [-0.4, -0.2) is 33.5 Å². The first-order chi connectivity index (χ1) is 9.56. The highest BCUT2D eigenvalue weighted by Crippen LogP contribution is 2.10. The van der Waals surface area contributed by atoms with Gasteiger partial charge in [-0.3, -0.25) is 4.79 Å². The number of carbonyl (C=O) groups is 2. The van der Waals surface area contributed by atoms with E-state index in [4.69, 9.17) is 5.11 Å². The van der Waals surface area contributed by atoms with Crippen LogP contribution in [0.5, 0.6) is 0 Å². The Hall–Kier alpha value is -1.80. The molecule has 8 heteroatoms. The summed E-state index contributed by atoms with van der Waals surface area (Å²) in [6, 6.07) is 3.35. The molecule has 0 saturated carbocycles. The second-order valence-electron chi connectivity index (χ2n) is 3.80. The summed E-state index contributed by atoms with van der Waals surface area (Å²) in [6.45, 7) is 0.378. The number of amides is 1. The van der Waals surface area contributed by atoms with E-state index in [1.54, 1.807) is 18.3 Å². The molecule has 0 atom stereocenters. The van der Waals surface area contributed by atoms with Crippen LogP contribution in [0.4, 0.5) is 0 Å². The first-order valence-electron chi connectivity index (χ1n) is 5.63. The molecule has 2 rings (SSSR count). The number of aromatic carboxylic acids is 1. The van der Waals surface area contributed by atoms with Gasteiger partial charge in [-0.15, -0.1) is 11.3 Å². The number of rotatable bonds is 5. The topological polar surface area (TPSA) is 92.2 Å². The van der Waals surface area contributed by atoms with Gasteiger partial charge in [0.25, 0.3) is 5.91 Å². The first-order valence-corrected chi connectivity index (χ1v) is 7.31. The summed E-state index contributed by atoms with van der Waals surface area (Å²) in [7, 11) is 0. The normalized spacial score (nSPS) is 10.2. The van der Waals surface area contributed by atoms with Crippen LogP contribution in [0.15, 0.2) is 28.2 Å². The number of nitrogens with one attached hydrogen (secondary N) is 1. The van der Waals surface area contributed by atoms with Gasteiger partial charge in [-0.25, -0.2) is 14.8 Å². The molecule has 2 aromatic heterocycles. The van der Waals surface area contributed by atoms with E-state index >= 15 is 0 Å². The van der Waals surface area contributed by atoms with Gasteiger partial charge in [0, 0.05) is 29.0 Å². The van der Waals surface area contributed by atoms with Gasteiger partial charge < -0.3 is 10.4 Å². The van der Waals surface area contributed by atoms with Crippen molar-refractivity contribution in [2.75, 3.05) is 6.54 Å². The predicted octanol–water partition coefficient (Wildman–Crippen LogP) is 1.97. The van der Waals surface area contributed by atoms with E-state index in [0.717, 1.165) is 4.47 Å². The summed E-state index contributed by atoms with van der Waals surface area (Å²) in [4.78, 5) is 30.3. The van der Waals surface area contributed by atoms with E-state index < -0.39 is 5.97 Å². The minimum Gasteiger partial charge on any atom is -0.476 e. The molecular formula is C12H10BrN3O3S. The molecular weight excluding hydrogens is 346 g/mol. The number of aromatic nitrogens is 2. The van der Waals surface area contributed by atoms with Gasteiger partial charge in [-0.05, 0) is 28.1 Å². The van der Waals surface area contributed by atoms with Gasteiger partial charge in [0.15, 0.2) is 5.69 Å². The van der Waals surface area contributed by atoms with Gasteiger partial charge in [0.05, 0.1) is 5.01 Å². The third kappa shape index (κ3) is 3.84. The third-order valence-corrected chi connectivity index (χ3v) is 3.73. The molecule has 0 aromatic carbocycles. The Morgan fingerprint density at radius 2 is 2.15 bits per heavy atom. The zero-order valence-corrected chi connectivity index (χ0v) is 12.6. The Morgan fingerprint density at radius 1 is 1.35 bits per heavy atom.